The molecule has 3 heterocycles. The lowest BCUT2D eigenvalue weighted by molar-refractivity contribution is 0.726. The summed E-state index contributed by atoms with van der Waals surface area (Å²) in [6.45, 7) is 0. The summed E-state index contributed by atoms with van der Waals surface area (Å²) in [6, 6.07) is 76.6. The highest BCUT2D eigenvalue weighted by atomic mass is 32.2. The van der Waals surface area contributed by atoms with E-state index in [1.807, 2.05) is 36.0 Å². The Labute approximate surface area is 363 Å². The number of benzene rings is 9. The second-order valence-electron chi connectivity index (χ2n) is 16.2. The molecule has 62 heavy (non-hydrogen) atoms. The fourth-order valence-corrected chi connectivity index (χ4v) is 11.6. The van der Waals surface area contributed by atoms with Crippen LogP contribution in [0, 0.1) is 0 Å². The number of fused-ring (bicyclic) bond motifs is 14. The predicted molar refractivity (Wildman–Crippen MR) is 256 cm³/mol. The summed E-state index contributed by atoms with van der Waals surface area (Å²) in [5, 5.41) is 4.63. The molecule has 0 radical (unpaired) electrons. The van der Waals surface area contributed by atoms with Crippen LogP contribution in [0.15, 0.2) is 222 Å². The third kappa shape index (κ3) is 5.11. The summed E-state index contributed by atoms with van der Waals surface area (Å²) in [4.78, 5) is 18.0. The van der Waals surface area contributed by atoms with Crippen molar-refractivity contribution in [2.45, 2.75) is 15.2 Å². The minimum absolute atomic E-state index is 0.439. The molecule has 0 N–H and O–H groups in total. The SMILES string of the molecule is c1ccc(-c2nc(-c3ccc(-c4ccc(-c5nc6ccccc6c6c7c(ccc56)C5(c6ccccc6S7)c6ccccc6-c6ccccc65)cc4)cc3)c3ccccc3n2)cc1. The Hall–Kier alpha value is -7.66. The molecule has 4 heteroatoms. The van der Waals surface area contributed by atoms with Crippen molar-refractivity contribution < 1.29 is 0 Å². The average Bonchev–Trinajstić information content (AvgIpc) is 3.64. The summed E-state index contributed by atoms with van der Waals surface area (Å²) in [5.41, 5.74) is 16.9. The van der Waals surface area contributed by atoms with Gasteiger partial charge in [-0.15, -0.1) is 0 Å². The molecule has 0 fully saturated rings. The zero-order chi connectivity index (χ0) is 40.8. The van der Waals surface area contributed by atoms with Crippen LogP contribution in [0.5, 0.6) is 0 Å². The number of nitrogens with zero attached hydrogens (tertiary/aromatic N) is 3. The Morgan fingerprint density at radius 2 is 0.839 bits per heavy atom. The molecule has 13 rings (SSSR count). The van der Waals surface area contributed by atoms with Crippen LogP contribution in [-0.4, -0.2) is 15.0 Å². The van der Waals surface area contributed by atoms with Crippen molar-refractivity contribution in [1.82, 2.24) is 15.0 Å². The molecule has 0 amide bonds. The highest BCUT2D eigenvalue weighted by Crippen LogP contribution is 2.63. The number of rotatable bonds is 4. The van der Waals surface area contributed by atoms with E-state index in [0.717, 1.165) is 66.8 Å². The van der Waals surface area contributed by atoms with Crippen molar-refractivity contribution in [1.29, 1.82) is 0 Å². The van der Waals surface area contributed by atoms with Crippen LogP contribution in [-0.2, 0) is 5.41 Å². The average molecular weight is 806 g/mol. The van der Waals surface area contributed by atoms with Crippen molar-refractivity contribution in [3.63, 3.8) is 0 Å². The van der Waals surface area contributed by atoms with Gasteiger partial charge in [-0.3, -0.25) is 0 Å². The quantitative estimate of drug-likeness (QED) is 0.166. The molecule has 2 aromatic heterocycles. The molecular weight excluding hydrogens is 771 g/mol. The molecule has 1 aliphatic carbocycles. The van der Waals surface area contributed by atoms with Gasteiger partial charge in [0.1, 0.15) is 0 Å². The van der Waals surface area contributed by atoms with Gasteiger partial charge >= 0.3 is 0 Å². The summed E-state index contributed by atoms with van der Waals surface area (Å²) in [7, 11) is 0. The van der Waals surface area contributed by atoms with Gasteiger partial charge in [0.15, 0.2) is 5.82 Å². The van der Waals surface area contributed by atoms with Crippen LogP contribution in [0.25, 0.3) is 88.7 Å². The van der Waals surface area contributed by atoms with Gasteiger partial charge < -0.3 is 0 Å². The standard InChI is InChI=1S/C58H35N3S/c1-2-14-40(15-3-1)57-60-51-24-12-7-19-44(51)54(61-57)38-30-26-36(27-31-38)37-28-32-39(33-29-37)55-45-34-35-49-56(53(45)43-18-6-11-23-50(43)59-55)62-52-25-13-10-22-48(52)58(49)46-20-8-4-16-41(46)42-17-5-9-21-47(42)58/h1-35H. The highest BCUT2D eigenvalue weighted by Gasteiger charge is 2.50. The van der Waals surface area contributed by atoms with E-state index in [1.165, 1.54) is 53.9 Å². The van der Waals surface area contributed by atoms with Gasteiger partial charge in [-0.2, -0.15) is 0 Å². The molecule has 0 atom stereocenters. The maximum absolute atomic E-state index is 5.41. The van der Waals surface area contributed by atoms with Gasteiger partial charge in [-0.1, -0.05) is 206 Å². The normalized spacial score (nSPS) is 13.2. The molecule has 288 valence electrons. The topological polar surface area (TPSA) is 38.7 Å². The molecule has 2 aliphatic rings. The van der Waals surface area contributed by atoms with Crippen molar-refractivity contribution in [3.8, 4) is 56.2 Å². The Morgan fingerprint density at radius 3 is 1.52 bits per heavy atom. The van der Waals surface area contributed by atoms with Crippen LogP contribution in [0.4, 0.5) is 0 Å². The molecule has 11 aromatic rings. The largest absolute Gasteiger partial charge is 0.247 e. The number of para-hydroxylation sites is 2. The smallest absolute Gasteiger partial charge is 0.160 e. The summed E-state index contributed by atoms with van der Waals surface area (Å²) >= 11 is 1.90. The van der Waals surface area contributed by atoms with Gasteiger partial charge in [-0.05, 0) is 62.7 Å². The first kappa shape index (κ1) is 35.1. The van der Waals surface area contributed by atoms with Crippen molar-refractivity contribution in [3.05, 3.63) is 235 Å². The van der Waals surface area contributed by atoms with E-state index in [-0.39, 0.29) is 0 Å². The van der Waals surface area contributed by atoms with Gasteiger partial charge in [0.05, 0.1) is 27.8 Å². The molecule has 1 aliphatic heterocycles. The van der Waals surface area contributed by atoms with Crippen LogP contribution < -0.4 is 0 Å². The maximum Gasteiger partial charge on any atom is 0.160 e. The van der Waals surface area contributed by atoms with E-state index in [0.29, 0.717) is 0 Å². The van der Waals surface area contributed by atoms with E-state index >= 15 is 0 Å². The second-order valence-corrected chi connectivity index (χ2v) is 17.3. The van der Waals surface area contributed by atoms with E-state index < -0.39 is 5.41 Å². The van der Waals surface area contributed by atoms with Crippen LogP contribution in [0.1, 0.15) is 22.3 Å². The Morgan fingerprint density at radius 1 is 0.323 bits per heavy atom. The zero-order valence-corrected chi connectivity index (χ0v) is 34.3. The van der Waals surface area contributed by atoms with Gasteiger partial charge in [0.25, 0.3) is 0 Å². The van der Waals surface area contributed by atoms with Gasteiger partial charge in [-0.25, -0.2) is 15.0 Å². The van der Waals surface area contributed by atoms with Gasteiger partial charge in [0, 0.05) is 48.0 Å². The van der Waals surface area contributed by atoms with E-state index in [2.05, 4.69) is 188 Å². The lowest BCUT2D eigenvalue weighted by atomic mass is 9.67. The van der Waals surface area contributed by atoms with E-state index in [1.54, 1.807) is 0 Å². The highest BCUT2D eigenvalue weighted by molar-refractivity contribution is 7.99. The molecule has 3 nitrogen and oxygen atoms in total. The fourth-order valence-electron chi connectivity index (χ4n) is 10.2. The fraction of sp³-hybridized carbons (Fsp3) is 0.0172. The first-order chi connectivity index (χ1) is 30.7. The molecule has 0 saturated heterocycles. The molecular formula is C58H35N3S. The summed E-state index contributed by atoms with van der Waals surface area (Å²) in [6.07, 6.45) is 0. The second kappa shape index (κ2) is 13.7. The van der Waals surface area contributed by atoms with Crippen LogP contribution in [0.3, 0.4) is 0 Å². The number of pyridine rings is 1. The Bertz CT molecular complexity index is 3550. The van der Waals surface area contributed by atoms with E-state index in [4.69, 9.17) is 15.0 Å². The zero-order valence-electron chi connectivity index (χ0n) is 33.5. The third-order valence-corrected chi connectivity index (χ3v) is 14.2. The Kier molecular flexibility index (Phi) is 7.75. The molecule has 0 saturated carbocycles. The lowest BCUT2D eigenvalue weighted by Crippen LogP contribution is -2.32. The van der Waals surface area contributed by atoms with Crippen molar-refractivity contribution in [2.75, 3.05) is 0 Å². The first-order valence-corrected chi connectivity index (χ1v) is 21.9. The molecule has 0 bridgehead atoms. The molecule has 9 aromatic carbocycles. The first-order valence-electron chi connectivity index (χ1n) is 21.1. The van der Waals surface area contributed by atoms with Crippen LogP contribution in [0.2, 0.25) is 0 Å². The van der Waals surface area contributed by atoms with Crippen LogP contribution >= 0.6 is 11.8 Å². The summed E-state index contributed by atoms with van der Waals surface area (Å²) < 4.78 is 0. The van der Waals surface area contributed by atoms with Crippen molar-refractivity contribution in [2.24, 2.45) is 0 Å². The number of hydrogen-bond acceptors (Lipinski definition) is 4. The van der Waals surface area contributed by atoms with Gasteiger partial charge in [0.2, 0.25) is 0 Å². The molecule has 1 spiro atoms. The summed E-state index contributed by atoms with van der Waals surface area (Å²) in [5.74, 6) is 0.728. The number of aromatic nitrogens is 3. The minimum Gasteiger partial charge on any atom is -0.247 e. The van der Waals surface area contributed by atoms with Crippen molar-refractivity contribution >= 4 is 44.3 Å². The monoisotopic (exact) mass is 805 g/mol. The lowest BCUT2D eigenvalue weighted by Gasteiger charge is -2.40. The Balaban J connectivity index is 0.937. The number of hydrogen-bond donors (Lipinski definition) is 0. The van der Waals surface area contributed by atoms with E-state index in [9.17, 15) is 0 Å². The molecule has 0 unspecified atom stereocenters. The predicted octanol–water partition coefficient (Wildman–Crippen LogP) is 14.8. The minimum atomic E-state index is -0.439. The third-order valence-electron chi connectivity index (χ3n) is 13.0. The maximum atomic E-state index is 5.41.